The number of nitrogens with zero attached hydrogens (tertiary/aromatic N) is 2. The maximum absolute atomic E-state index is 13.3. The predicted octanol–water partition coefficient (Wildman–Crippen LogP) is 3.93. The Hall–Kier alpha value is -3.82. The molecule has 1 aliphatic heterocycles. The monoisotopic (exact) mass is 474 g/mol. The van der Waals surface area contributed by atoms with Crippen molar-refractivity contribution in [3.63, 3.8) is 0 Å². The minimum Gasteiger partial charge on any atom is -0.368 e. The van der Waals surface area contributed by atoms with Gasteiger partial charge in [0.2, 0.25) is 0 Å². The number of aryl methyl sites for hydroxylation is 1. The quantitative estimate of drug-likeness (QED) is 0.456. The first-order chi connectivity index (χ1) is 16.5. The average molecular weight is 475 g/mol. The van der Waals surface area contributed by atoms with E-state index in [9.17, 15) is 14.4 Å². The summed E-state index contributed by atoms with van der Waals surface area (Å²) in [7, 11) is 0. The zero-order valence-electron chi connectivity index (χ0n) is 18.4. The van der Waals surface area contributed by atoms with Gasteiger partial charge >= 0.3 is 0 Å². The van der Waals surface area contributed by atoms with Gasteiger partial charge in [-0.2, -0.15) is 0 Å². The Balaban J connectivity index is 1.41. The molecule has 2 aromatic heterocycles. The predicted molar refractivity (Wildman–Crippen MR) is 132 cm³/mol. The zero-order chi connectivity index (χ0) is 23.7. The van der Waals surface area contributed by atoms with Crippen LogP contribution in [-0.4, -0.2) is 34.2 Å². The van der Waals surface area contributed by atoms with Crippen molar-refractivity contribution in [2.45, 2.75) is 25.9 Å². The number of carbonyl (C=O) groups is 2. The van der Waals surface area contributed by atoms with Crippen LogP contribution in [0.2, 0.25) is 0 Å². The van der Waals surface area contributed by atoms with Crippen molar-refractivity contribution in [3.8, 4) is 11.1 Å². The topological polar surface area (TPSA) is 102 Å². The number of hydrogen-bond donors (Lipinski definition) is 2. The van der Waals surface area contributed by atoms with Crippen LogP contribution in [0.25, 0.3) is 21.3 Å². The van der Waals surface area contributed by atoms with Crippen molar-refractivity contribution in [2.24, 2.45) is 0 Å². The van der Waals surface area contributed by atoms with E-state index in [4.69, 9.17) is 4.74 Å². The first-order valence-corrected chi connectivity index (χ1v) is 11.7. The van der Waals surface area contributed by atoms with Crippen molar-refractivity contribution in [3.05, 3.63) is 81.7 Å². The number of ether oxygens (including phenoxy) is 1. The third-order valence-corrected chi connectivity index (χ3v) is 6.70. The van der Waals surface area contributed by atoms with Gasteiger partial charge in [-0.1, -0.05) is 36.4 Å². The molecule has 3 heterocycles. The van der Waals surface area contributed by atoms with Crippen LogP contribution in [0.3, 0.4) is 0 Å². The van der Waals surface area contributed by atoms with Gasteiger partial charge in [-0.15, -0.1) is 11.3 Å². The molecule has 9 heteroatoms. The van der Waals surface area contributed by atoms with Crippen LogP contribution in [0, 0.1) is 6.92 Å². The lowest BCUT2D eigenvalue weighted by molar-refractivity contribution is -0.124. The molecule has 0 saturated carbocycles. The minimum atomic E-state index is -0.496. The highest BCUT2D eigenvalue weighted by Gasteiger charge is 2.24. The number of amides is 2. The van der Waals surface area contributed by atoms with Crippen LogP contribution >= 0.6 is 11.3 Å². The fraction of sp³-hybridized carbons (Fsp3) is 0.200. The summed E-state index contributed by atoms with van der Waals surface area (Å²) >= 11 is 1.44. The smallest absolute Gasteiger partial charge is 0.281 e. The third-order valence-electron chi connectivity index (χ3n) is 5.69. The SMILES string of the molecule is Cc1sc2ncn(NC(=O)c3cccc(NC(=O)C4CCCO4)c3)c(=O)c2c1-c1ccccc1. The number of benzene rings is 2. The second-order valence-corrected chi connectivity index (χ2v) is 9.21. The average Bonchev–Trinajstić information content (AvgIpc) is 3.50. The fourth-order valence-corrected chi connectivity index (χ4v) is 5.06. The van der Waals surface area contributed by atoms with Crippen LogP contribution in [-0.2, 0) is 9.53 Å². The first-order valence-electron chi connectivity index (χ1n) is 10.9. The summed E-state index contributed by atoms with van der Waals surface area (Å²) in [4.78, 5) is 44.5. The molecule has 0 radical (unpaired) electrons. The number of aromatic nitrogens is 2. The second-order valence-electron chi connectivity index (χ2n) is 8.01. The van der Waals surface area contributed by atoms with E-state index in [1.54, 1.807) is 24.3 Å². The summed E-state index contributed by atoms with van der Waals surface area (Å²) in [5.41, 5.74) is 4.77. The Bertz CT molecular complexity index is 1440. The molecule has 0 spiro atoms. The largest absolute Gasteiger partial charge is 0.368 e. The van der Waals surface area contributed by atoms with Crippen LogP contribution < -0.4 is 16.3 Å². The molecular formula is C25H22N4O4S. The summed E-state index contributed by atoms with van der Waals surface area (Å²) in [5, 5.41) is 3.25. The third kappa shape index (κ3) is 4.23. The molecule has 172 valence electrons. The van der Waals surface area contributed by atoms with Crippen molar-refractivity contribution in [1.29, 1.82) is 0 Å². The van der Waals surface area contributed by atoms with Gasteiger partial charge in [-0.05, 0) is 43.5 Å². The van der Waals surface area contributed by atoms with Gasteiger partial charge in [-0.3, -0.25) is 19.8 Å². The molecule has 5 rings (SSSR count). The molecule has 2 aromatic carbocycles. The molecule has 1 fully saturated rings. The highest BCUT2D eigenvalue weighted by Crippen LogP contribution is 2.35. The van der Waals surface area contributed by atoms with Crippen LogP contribution in [0.1, 0.15) is 28.1 Å². The lowest BCUT2D eigenvalue weighted by Crippen LogP contribution is -2.33. The van der Waals surface area contributed by atoms with E-state index < -0.39 is 12.0 Å². The molecule has 1 unspecified atom stereocenters. The van der Waals surface area contributed by atoms with Gasteiger partial charge < -0.3 is 10.1 Å². The number of rotatable bonds is 5. The van der Waals surface area contributed by atoms with Gasteiger partial charge in [0.15, 0.2) is 0 Å². The van der Waals surface area contributed by atoms with E-state index >= 15 is 0 Å². The Labute approximate surface area is 199 Å². The summed E-state index contributed by atoms with van der Waals surface area (Å²) in [6.07, 6.45) is 2.37. The summed E-state index contributed by atoms with van der Waals surface area (Å²) in [5.74, 6) is -0.730. The molecule has 34 heavy (non-hydrogen) atoms. The number of carbonyl (C=O) groups excluding carboxylic acids is 2. The normalized spacial score (nSPS) is 15.4. The first kappa shape index (κ1) is 22.0. The molecule has 0 aliphatic carbocycles. The van der Waals surface area contributed by atoms with E-state index in [0.717, 1.165) is 27.1 Å². The van der Waals surface area contributed by atoms with E-state index in [1.807, 2.05) is 37.3 Å². The summed E-state index contributed by atoms with van der Waals surface area (Å²) in [6, 6.07) is 16.2. The van der Waals surface area contributed by atoms with E-state index in [1.165, 1.54) is 17.7 Å². The number of fused-ring (bicyclic) bond motifs is 1. The molecule has 2 N–H and O–H groups in total. The van der Waals surface area contributed by atoms with Crippen molar-refractivity contribution in [2.75, 3.05) is 17.3 Å². The minimum absolute atomic E-state index is 0.234. The van der Waals surface area contributed by atoms with Gasteiger partial charge in [0.05, 0.1) is 5.39 Å². The second kappa shape index (κ2) is 9.20. The summed E-state index contributed by atoms with van der Waals surface area (Å²) < 4.78 is 6.50. The van der Waals surface area contributed by atoms with Crippen LogP contribution in [0.5, 0.6) is 0 Å². The molecule has 0 bridgehead atoms. The van der Waals surface area contributed by atoms with Gasteiger partial charge in [-0.25, -0.2) is 9.66 Å². The van der Waals surface area contributed by atoms with Gasteiger partial charge in [0, 0.05) is 28.3 Å². The Morgan fingerprint density at radius 2 is 1.97 bits per heavy atom. The fourth-order valence-electron chi connectivity index (χ4n) is 4.05. The zero-order valence-corrected chi connectivity index (χ0v) is 19.2. The number of thiophene rings is 1. The molecule has 1 aliphatic rings. The standard InChI is InChI=1S/C25H22N4O4S/c1-15-20(16-7-3-2-4-8-16)21-24(34-15)26-14-29(25(21)32)28-22(30)17-9-5-10-18(13-17)27-23(31)19-11-6-12-33-19/h2-5,7-10,13-14,19H,6,11-12H2,1H3,(H,27,31)(H,28,30). The van der Waals surface area contributed by atoms with Crippen molar-refractivity contribution in [1.82, 2.24) is 9.66 Å². The van der Waals surface area contributed by atoms with Crippen molar-refractivity contribution < 1.29 is 14.3 Å². The van der Waals surface area contributed by atoms with Crippen molar-refractivity contribution >= 4 is 39.1 Å². The Kier molecular flexibility index (Phi) is 5.95. The van der Waals surface area contributed by atoms with Gasteiger partial charge in [0.25, 0.3) is 17.4 Å². The highest BCUT2D eigenvalue weighted by atomic mass is 32.1. The molecule has 2 amide bonds. The lowest BCUT2D eigenvalue weighted by Gasteiger charge is -2.12. The maximum atomic E-state index is 13.3. The van der Waals surface area contributed by atoms with Crippen LogP contribution in [0.4, 0.5) is 5.69 Å². The Morgan fingerprint density at radius 1 is 1.15 bits per heavy atom. The summed E-state index contributed by atoms with van der Waals surface area (Å²) in [6.45, 7) is 2.52. The van der Waals surface area contributed by atoms with Gasteiger partial charge in [0.1, 0.15) is 17.3 Å². The Morgan fingerprint density at radius 3 is 2.74 bits per heavy atom. The number of hydrogen-bond acceptors (Lipinski definition) is 6. The molecule has 1 saturated heterocycles. The maximum Gasteiger partial charge on any atom is 0.281 e. The molecule has 8 nitrogen and oxygen atoms in total. The molecular weight excluding hydrogens is 452 g/mol. The lowest BCUT2D eigenvalue weighted by atomic mass is 10.0. The van der Waals surface area contributed by atoms with E-state index in [2.05, 4.69) is 15.7 Å². The highest BCUT2D eigenvalue weighted by molar-refractivity contribution is 7.19. The number of nitrogens with one attached hydrogen (secondary N) is 2. The van der Waals surface area contributed by atoms with Crippen LogP contribution in [0.15, 0.2) is 65.7 Å². The molecule has 4 aromatic rings. The van der Waals surface area contributed by atoms with E-state index in [-0.39, 0.29) is 11.5 Å². The molecule has 1 atom stereocenters. The van der Waals surface area contributed by atoms with E-state index in [0.29, 0.717) is 34.5 Å². The number of anilines is 1.